The molecule has 2 heterocycles. The lowest BCUT2D eigenvalue weighted by Gasteiger charge is -2.30. The van der Waals surface area contributed by atoms with E-state index in [1.165, 1.54) is 30.4 Å². The molecule has 4 atom stereocenters. The summed E-state index contributed by atoms with van der Waals surface area (Å²) in [6.45, 7) is 2.09. The summed E-state index contributed by atoms with van der Waals surface area (Å²) in [5.74, 6) is 3.12. The smallest absolute Gasteiger partial charge is 0.222 e. The summed E-state index contributed by atoms with van der Waals surface area (Å²) in [6.07, 6.45) is 7.07. The van der Waals surface area contributed by atoms with Crippen molar-refractivity contribution in [3.05, 3.63) is 47.2 Å². The largest absolute Gasteiger partial charge is 0.368 e. The Hall–Kier alpha value is -2.14. The summed E-state index contributed by atoms with van der Waals surface area (Å²) in [6, 6.07) is 11.1. The SMILES string of the molecule is Nc1nc2c(c(N3C[C@@H]4CCC[C@H](N)[C@@H]4C3)n1)CCCC2c1ccccc1. The van der Waals surface area contributed by atoms with E-state index < -0.39 is 0 Å². The van der Waals surface area contributed by atoms with Crippen LogP contribution < -0.4 is 16.4 Å². The fraction of sp³-hybridized carbons (Fsp3) is 0.545. The topological polar surface area (TPSA) is 81.1 Å². The molecule has 0 amide bonds. The first-order valence-electron chi connectivity index (χ1n) is 10.4. The normalized spacial score (nSPS) is 30.0. The van der Waals surface area contributed by atoms with Gasteiger partial charge in [0.25, 0.3) is 0 Å². The van der Waals surface area contributed by atoms with Gasteiger partial charge in [0.1, 0.15) is 5.82 Å². The van der Waals surface area contributed by atoms with Crippen LogP contribution >= 0.6 is 0 Å². The molecule has 0 spiro atoms. The van der Waals surface area contributed by atoms with Crippen LogP contribution in [0.3, 0.4) is 0 Å². The van der Waals surface area contributed by atoms with E-state index in [1.54, 1.807) is 0 Å². The number of nitrogens with two attached hydrogens (primary N) is 2. The van der Waals surface area contributed by atoms with Crippen molar-refractivity contribution in [2.45, 2.75) is 50.5 Å². The molecular weight excluding hydrogens is 334 g/mol. The average Bonchev–Trinajstić information content (AvgIpc) is 3.13. The van der Waals surface area contributed by atoms with Crippen molar-refractivity contribution < 1.29 is 0 Å². The fourth-order valence-corrected chi connectivity index (χ4v) is 5.62. The van der Waals surface area contributed by atoms with E-state index in [-0.39, 0.29) is 0 Å². The van der Waals surface area contributed by atoms with E-state index in [0.717, 1.165) is 43.9 Å². The number of nitrogen functional groups attached to an aromatic ring is 1. The van der Waals surface area contributed by atoms with E-state index in [9.17, 15) is 0 Å². The van der Waals surface area contributed by atoms with E-state index in [2.05, 4.69) is 35.2 Å². The van der Waals surface area contributed by atoms with Crippen molar-refractivity contribution in [1.82, 2.24) is 9.97 Å². The molecule has 1 aliphatic heterocycles. The Morgan fingerprint density at radius 3 is 2.63 bits per heavy atom. The second-order valence-electron chi connectivity index (χ2n) is 8.55. The van der Waals surface area contributed by atoms with Gasteiger partial charge < -0.3 is 16.4 Å². The Morgan fingerprint density at radius 1 is 0.963 bits per heavy atom. The third-order valence-electron chi connectivity index (χ3n) is 6.94. The van der Waals surface area contributed by atoms with E-state index >= 15 is 0 Å². The average molecular weight is 364 g/mol. The highest BCUT2D eigenvalue weighted by Gasteiger charge is 2.40. The van der Waals surface area contributed by atoms with Crippen molar-refractivity contribution in [2.24, 2.45) is 17.6 Å². The number of benzene rings is 1. The number of hydrogen-bond donors (Lipinski definition) is 2. The molecular formula is C22H29N5. The molecule has 2 fully saturated rings. The number of nitrogens with zero attached hydrogens (tertiary/aromatic N) is 3. The lowest BCUT2D eigenvalue weighted by molar-refractivity contribution is 0.260. The van der Waals surface area contributed by atoms with Crippen LogP contribution in [0.2, 0.25) is 0 Å². The van der Waals surface area contributed by atoms with Crippen LogP contribution in [0, 0.1) is 11.8 Å². The molecule has 5 rings (SSSR count). The van der Waals surface area contributed by atoms with Crippen LogP contribution in [0.4, 0.5) is 11.8 Å². The van der Waals surface area contributed by atoms with Gasteiger partial charge in [0.15, 0.2) is 0 Å². The molecule has 2 aliphatic carbocycles. The zero-order valence-electron chi connectivity index (χ0n) is 15.8. The maximum absolute atomic E-state index is 6.44. The third kappa shape index (κ3) is 2.98. The van der Waals surface area contributed by atoms with Crippen LogP contribution in [0.15, 0.2) is 30.3 Å². The summed E-state index contributed by atoms with van der Waals surface area (Å²) in [5.41, 5.74) is 16.4. The monoisotopic (exact) mass is 363 g/mol. The van der Waals surface area contributed by atoms with Crippen LogP contribution in [-0.4, -0.2) is 29.1 Å². The van der Waals surface area contributed by atoms with Gasteiger partial charge in [0.2, 0.25) is 5.95 Å². The summed E-state index contributed by atoms with van der Waals surface area (Å²) < 4.78 is 0. The Labute approximate surface area is 161 Å². The van der Waals surface area contributed by atoms with Gasteiger partial charge in [0.05, 0.1) is 5.69 Å². The first kappa shape index (κ1) is 17.0. The van der Waals surface area contributed by atoms with Gasteiger partial charge in [-0.1, -0.05) is 36.8 Å². The highest BCUT2D eigenvalue weighted by Crippen LogP contribution is 2.42. The summed E-state index contributed by atoms with van der Waals surface area (Å²) in [7, 11) is 0. The predicted molar refractivity (Wildman–Crippen MR) is 109 cm³/mol. The molecule has 27 heavy (non-hydrogen) atoms. The van der Waals surface area contributed by atoms with Crippen molar-refractivity contribution in [1.29, 1.82) is 0 Å². The first-order chi connectivity index (χ1) is 13.2. The van der Waals surface area contributed by atoms with Gasteiger partial charge in [-0.15, -0.1) is 0 Å². The fourth-order valence-electron chi connectivity index (χ4n) is 5.62. The van der Waals surface area contributed by atoms with Gasteiger partial charge in [-0.2, -0.15) is 4.98 Å². The maximum Gasteiger partial charge on any atom is 0.222 e. The predicted octanol–water partition coefficient (Wildman–Crippen LogP) is 3.09. The second kappa shape index (κ2) is 6.79. The van der Waals surface area contributed by atoms with E-state index in [1.807, 2.05) is 0 Å². The summed E-state index contributed by atoms with van der Waals surface area (Å²) >= 11 is 0. The third-order valence-corrected chi connectivity index (χ3v) is 6.94. The molecule has 2 aromatic rings. The minimum atomic E-state index is 0.325. The first-order valence-corrected chi connectivity index (χ1v) is 10.4. The minimum absolute atomic E-state index is 0.325. The molecule has 1 aromatic carbocycles. The van der Waals surface area contributed by atoms with E-state index in [4.69, 9.17) is 21.4 Å². The van der Waals surface area contributed by atoms with Crippen molar-refractivity contribution in [3.63, 3.8) is 0 Å². The number of fused-ring (bicyclic) bond motifs is 2. The van der Waals surface area contributed by atoms with Gasteiger partial charge >= 0.3 is 0 Å². The molecule has 1 aromatic heterocycles. The van der Waals surface area contributed by atoms with Crippen LogP contribution in [0.25, 0.3) is 0 Å². The molecule has 5 heteroatoms. The molecule has 1 unspecified atom stereocenters. The minimum Gasteiger partial charge on any atom is -0.368 e. The Kier molecular flexibility index (Phi) is 4.27. The lowest BCUT2D eigenvalue weighted by atomic mass is 9.78. The number of hydrogen-bond acceptors (Lipinski definition) is 5. The molecule has 1 saturated heterocycles. The van der Waals surface area contributed by atoms with Crippen LogP contribution in [-0.2, 0) is 6.42 Å². The molecule has 142 valence electrons. The highest BCUT2D eigenvalue weighted by atomic mass is 15.2. The standard InChI is InChI=1S/C22H29N5/c23-19-11-4-8-15-12-27(13-18(15)19)21-17-10-5-9-16(14-6-2-1-3-7-14)20(17)25-22(24)26-21/h1-3,6-7,15-16,18-19H,4-5,8-13,23H2,(H2,24,25,26)/t15-,16?,18+,19-/m0/s1. The zero-order chi connectivity index (χ0) is 18.4. The van der Waals surface area contributed by atoms with Crippen LogP contribution in [0.5, 0.6) is 0 Å². The molecule has 5 nitrogen and oxygen atoms in total. The van der Waals surface area contributed by atoms with Crippen molar-refractivity contribution in [2.75, 3.05) is 23.7 Å². The molecule has 0 radical (unpaired) electrons. The Morgan fingerprint density at radius 2 is 1.81 bits per heavy atom. The Balaban J connectivity index is 1.52. The maximum atomic E-state index is 6.44. The summed E-state index contributed by atoms with van der Waals surface area (Å²) in [4.78, 5) is 11.9. The highest BCUT2D eigenvalue weighted by molar-refractivity contribution is 5.56. The summed E-state index contributed by atoms with van der Waals surface area (Å²) in [5, 5.41) is 0. The quantitative estimate of drug-likeness (QED) is 0.857. The van der Waals surface area contributed by atoms with E-state index in [0.29, 0.717) is 29.7 Å². The van der Waals surface area contributed by atoms with Crippen molar-refractivity contribution >= 4 is 11.8 Å². The molecule has 4 N–H and O–H groups in total. The Bertz CT molecular complexity index is 821. The van der Waals surface area contributed by atoms with Crippen LogP contribution in [0.1, 0.15) is 54.8 Å². The van der Waals surface area contributed by atoms with Gasteiger partial charge in [-0.05, 0) is 49.5 Å². The molecule has 1 saturated carbocycles. The van der Waals surface area contributed by atoms with Crippen molar-refractivity contribution in [3.8, 4) is 0 Å². The molecule has 0 bridgehead atoms. The number of aromatic nitrogens is 2. The number of rotatable bonds is 2. The van der Waals surface area contributed by atoms with Gasteiger partial charge in [-0.3, -0.25) is 0 Å². The lowest BCUT2D eigenvalue weighted by Crippen LogP contribution is -2.38. The van der Waals surface area contributed by atoms with Gasteiger partial charge in [0, 0.05) is 30.6 Å². The zero-order valence-corrected chi connectivity index (χ0v) is 15.8. The van der Waals surface area contributed by atoms with Gasteiger partial charge in [-0.25, -0.2) is 4.98 Å². The molecule has 3 aliphatic rings. The second-order valence-corrected chi connectivity index (χ2v) is 8.55. The number of anilines is 2.